The van der Waals surface area contributed by atoms with E-state index in [0.717, 1.165) is 6.42 Å². The molecule has 2 bridgehead atoms. The minimum atomic E-state index is -0.598. The second kappa shape index (κ2) is 6.71. The summed E-state index contributed by atoms with van der Waals surface area (Å²) in [6, 6.07) is 10.8. The summed E-state index contributed by atoms with van der Waals surface area (Å²) in [5.41, 5.74) is 0.746. The maximum absolute atomic E-state index is 12.9. The number of rotatable bonds is 3. The fourth-order valence-corrected chi connectivity index (χ4v) is 5.07. The Morgan fingerprint density at radius 1 is 0.931 bits per heavy atom. The summed E-state index contributed by atoms with van der Waals surface area (Å²) in [6.45, 7) is 0. The number of fused-ring (bicyclic) bond motifs is 5. The third-order valence-corrected chi connectivity index (χ3v) is 6.46. The number of nitrogens with zero attached hydrogens (tertiary/aromatic N) is 1. The Balaban J connectivity index is 1.35. The summed E-state index contributed by atoms with van der Waals surface area (Å²) >= 11 is 11.9. The van der Waals surface area contributed by atoms with Crippen LogP contribution < -0.4 is 9.64 Å². The second-order valence-corrected chi connectivity index (χ2v) is 8.37. The van der Waals surface area contributed by atoms with E-state index in [1.165, 1.54) is 29.2 Å². The molecule has 0 spiro atoms. The molecule has 2 aliphatic carbocycles. The number of ether oxygens (including phenoxy) is 1. The van der Waals surface area contributed by atoms with Gasteiger partial charge in [-0.2, -0.15) is 0 Å². The molecule has 1 saturated carbocycles. The second-order valence-electron chi connectivity index (χ2n) is 7.52. The van der Waals surface area contributed by atoms with Crippen molar-refractivity contribution in [2.75, 3.05) is 4.90 Å². The zero-order valence-corrected chi connectivity index (χ0v) is 16.6. The van der Waals surface area contributed by atoms with Gasteiger partial charge in [-0.3, -0.25) is 14.5 Å². The van der Waals surface area contributed by atoms with Gasteiger partial charge in [-0.1, -0.05) is 35.4 Å². The van der Waals surface area contributed by atoms with Gasteiger partial charge >= 0.3 is 5.97 Å². The number of anilines is 1. The van der Waals surface area contributed by atoms with Crippen LogP contribution in [0, 0.1) is 23.7 Å². The summed E-state index contributed by atoms with van der Waals surface area (Å²) < 4.78 is 5.31. The number of hydrogen-bond donors (Lipinski definition) is 0. The van der Waals surface area contributed by atoms with Gasteiger partial charge in [0.2, 0.25) is 11.8 Å². The van der Waals surface area contributed by atoms with E-state index in [-0.39, 0.29) is 51.8 Å². The van der Waals surface area contributed by atoms with Gasteiger partial charge in [0, 0.05) is 5.02 Å². The minimum absolute atomic E-state index is 0.153. The number of hydrogen-bond acceptors (Lipinski definition) is 4. The maximum Gasteiger partial charge on any atom is 0.343 e. The van der Waals surface area contributed by atoms with Gasteiger partial charge in [0.15, 0.2) is 0 Å². The molecule has 2 aromatic rings. The SMILES string of the molecule is O=C(Oc1ccc(Cl)cc1Cl)c1ccc(N2C(=O)[C@@H]3[C@H](C2=O)[C@H]2C=C[C@H]3C2)cc1. The van der Waals surface area contributed by atoms with Gasteiger partial charge in [0.1, 0.15) is 5.75 Å². The van der Waals surface area contributed by atoms with Crippen molar-refractivity contribution >= 4 is 46.7 Å². The van der Waals surface area contributed by atoms with Crippen LogP contribution in [0.3, 0.4) is 0 Å². The van der Waals surface area contributed by atoms with E-state index < -0.39 is 5.97 Å². The van der Waals surface area contributed by atoms with Crippen LogP contribution >= 0.6 is 23.2 Å². The normalized spacial score (nSPS) is 26.9. The Hall–Kier alpha value is -2.63. The zero-order valence-electron chi connectivity index (χ0n) is 15.0. The number of halogens is 2. The summed E-state index contributed by atoms with van der Waals surface area (Å²) in [6.07, 6.45) is 5.00. The quantitative estimate of drug-likeness (QED) is 0.312. The molecular formula is C22H15Cl2NO4. The Labute approximate surface area is 176 Å². The third-order valence-electron chi connectivity index (χ3n) is 5.93. The largest absolute Gasteiger partial charge is 0.421 e. The first kappa shape index (κ1) is 18.4. The van der Waals surface area contributed by atoms with Crippen molar-refractivity contribution in [2.24, 2.45) is 23.7 Å². The van der Waals surface area contributed by atoms with E-state index in [1.807, 2.05) is 0 Å². The number of allylic oxidation sites excluding steroid dienone is 2. The summed E-state index contributed by atoms with van der Waals surface area (Å²) in [5.74, 6) is -0.900. The molecule has 2 amide bonds. The molecule has 0 aromatic heterocycles. The molecule has 3 aliphatic rings. The van der Waals surface area contributed by atoms with Crippen LogP contribution in [0.4, 0.5) is 5.69 Å². The topological polar surface area (TPSA) is 63.7 Å². The Morgan fingerprint density at radius 3 is 2.14 bits per heavy atom. The molecule has 146 valence electrons. The Kier molecular flexibility index (Phi) is 4.26. The van der Waals surface area contributed by atoms with Gasteiger partial charge < -0.3 is 4.74 Å². The molecule has 0 radical (unpaired) electrons. The molecule has 1 heterocycles. The summed E-state index contributed by atoms with van der Waals surface area (Å²) in [5, 5.41) is 0.665. The monoisotopic (exact) mass is 427 g/mol. The van der Waals surface area contributed by atoms with Gasteiger partial charge in [-0.25, -0.2) is 4.79 Å². The highest BCUT2D eigenvalue weighted by Gasteiger charge is 2.59. The molecule has 1 aliphatic heterocycles. The van der Waals surface area contributed by atoms with Crippen molar-refractivity contribution in [1.29, 1.82) is 0 Å². The summed E-state index contributed by atoms with van der Waals surface area (Å²) in [7, 11) is 0. The van der Waals surface area contributed by atoms with Crippen LogP contribution in [0.1, 0.15) is 16.8 Å². The minimum Gasteiger partial charge on any atom is -0.421 e. The Bertz CT molecular complexity index is 1050. The smallest absolute Gasteiger partial charge is 0.343 e. The van der Waals surface area contributed by atoms with Crippen molar-refractivity contribution in [2.45, 2.75) is 6.42 Å². The van der Waals surface area contributed by atoms with E-state index in [1.54, 1.807) is 18.2 Å². The molecule has 5 nitrogen and oxygen atoms in total. The zero-order chi connectivity index (χ0) is 20.3. The number of carbonyl (C=O) groups is 3. The molecule has 29 heavy (non-hydrogen) atoms. The number of carbonyl (C=O) groups excluding carboxylic acids is 3. The van der Waals surface area contributed by atoms with Crippen molar-refractivity contribution in [3.8, 4) is 5.75 Å². The van der Waals surface area contributed by atoms with Crippen LogP contribution in [-0.4, -0.2) is 17.8 Å². The average molecular weight is 428 g/mol. The predicted molar refractivity (Wildman–Crippen MR) is 108 cm³/mol. The first-order valence-corrected chi connectivity index (χ1v) is 10.0. The fraction of sp³-hybridized carbons (Fsp3) is 0.227. The lowest BCUT2D eigenvalue weighted by Gasteiger charge is -2.17. The molecule has 2 fully saturated rings. The van der Waals surface area contributed by atoms with Gasteiger partial charge in [-0.15, -0.1) is 0 Å². The first-order chi connectivity index (χ1) is 13.9. The van der Waals surface area contributed by atoms with Crippen molar-refractivity contribution < 1.29 is 19.1 Å². The lowest BCUT2D eigenvalue weighted by atomic mass is 9.85. The molecule has 7 heteroatoms. The third kappa shape index (κ3) is 2.88. The Morgan fingerprint density at radius 2 is 1.55 bits per heavy atom. The molecule has 0 N–H and O–H groups in total. The van der Waals surface area contributed by atoms with Gasteiger partial charge in [0.25, 0.3) is 0 Å². The average Bonchev–Trinajstić information content (AvgIpc) is 3.38. The number of esters is 1. The number of amides is 2. The standard InChI is InChI=1S/C22H15Cl2NO4/c23-14-5-8-17(16(24)10-14)29-22(28)11-3-6-15(7-4-11)25-20(26)18-12-1-2-13(9-12)19(18)21(25)27/h1-8,10,12-13,18-19H,9H2/t12-,13-,18-,19+/m0/s1. The van der Waals surface area contributed by atoms with Crippen LogP contribution in [-0.2, 0) is 9.59 Å². The predicted octanol–water partition coefficient (Wildman–Crippen LogP) is 4.52. The summed E-state index contributed by atoms with van der Waals surface area (Å²) in [4.78, 5) is 39.4. The molecule has 5 rings (SSSR count). The van der Waals surface area contributed by atoms with E-state index in [9.17, 15) is 14.4 Å². The molecule has 4 atom stereocenters. The van der Waals surface area contributed by atoms with Gasteiger partial charge in [0.05, 0.1) is 28.1 Å². The van der Waals surface area contributed by atoms with Crippen LogP contribution in [0.5, 0.6) is 5.75 Å². The number of benzene rings is 2. The molecule has 0 unspecified atom stereocenters. The van der Waals surface area contributed by atoms with Crippen LogP contribution in [0.15, 0.2) is 54.6 Å². The fourth-order valence-electron chi connectivity index (χ4n) is 4.62. The highest BCUT2D eigenvalue weighted by molar-refractivity contribution is 6.35. The van der Waals surface area contributed by atoms with Crippen LogP contribution in [0.2, 0.25) is 10.0 Å². The maximum atomic E-state index is 12.9. The van der Waals surface area contributed by atoms with E-state index in [2.05, 4.69) is 12.2 Å². The molecule has 2 aromatic carbocycles. The van der Waals surface area contributed by atoms with E-state index >= 15 is 0 Å². The van der Waals surface area contributed by atoms with Crippen molar-refractivity contribution in [3.05, 3.63) is 70.2 Å². The van der Waals surface area contributed by atoms with Crippen molar-refractivity contribution in [1.82, 2.24) is 0 Å². The first-order valence-electron chi connectivity index (χ1n) is 9.27. The molecular weight excluding hydrogens is 413 g/mol. The highest BCUT2D eigenvalue weighted by atomic mass is 35.5. The highest BCUT2D eigenvalue weighted by Crippen LogP contribution is 2.53. The molecule has 1 saturated heterocycles. The lowest BCUT2D eigenvalue weighted by Crippen LogP contribution is -2.32. The van der Waals surface area contributed by atoms with E-state index in [0.29, 0.717) is 10.7 Å². The van der Waals surface area contributed by atoms with Crippen molar-refractivity contribution in [3.63, 3.8) is 0 Å². The number of imide groups is 1. The van der Waals surface area contributed by atoms with Gasteiger partial charge in [-0.05, 0) is 60.7 Å². The van der Waals surface area contributed by atoms with Crippen LogP contribution in [0.25, 0.3) is 0 Å². The lowest BCUT2D eigenvalue weighted by molar-refractivity contribution is -0.123. The van der Waals surface area contributed by atoms with E-state index in [4.69, 9.17) is 27.9 Å².